The normalized spacial score (nSPS) is 16.7. The van der Waals surface area contributed by atoms with Gasteiger partial charge in [0.2, 0.25) is 6.10 Å². The van der Waals surface area contributed by atoms with Crippen molar-refractivity contribution in [2.24, 2.45) is 0 Å². The van der Waals surface area contributed by atoms with Crippen LogP contribution in [0.15, 0.2) is 42.0 Å². The first-order valence-corrected chi connectivity index (χ1v) is 7.32. The van der Waals surface area contributed by atoms with Crippen molar-refractivity contribution in [2.45, 2.75) is 12.3 Å². The van der Waals surface area contributed by atoms with Crippen LogP contribution in [-0.4, -0.2) is 23.4 Å². The molecule has 8 heteroatoms. The number of alkyl halides is 3. The fraction of sp³-hybridized carbons (Fsp3) is 0.118. The molecule has 0 radical (unpaired) electrons. The van der Waals surface area contributed by atoms with Crippen LogP contribution in [0.5, 0.6) is 5.75 Å². The SMILES string of the molecule is O=C(O)C1=Cc2cc(-c3ccc(F)cc3)cc(Cl)c2OC1C(F)(F)F. The van der Waals surface area contributed by atoms with Crippen LogP contribution in [0, 0.1) is 5.82 Å². The number of carboxylic acids is 1. The third-order valence-electron chi connectivity index (χ3n) is 3.62. The van der Waals surface area contributed by atoms with Gasteiger partial charge in [0.1, 0.15) is 11.6 Å². The molecule has 1 atom stereocenters. The average molecular weight is 373 g/mol. The molecule has 1 aliphatic rings. The predicted octanol–water partition coefficient (Wildman–Crippen LogP) is 4.94. The van der Waals surface area contributed by atoms with Gasteiger partial charge in [-0.1, -0.05) is 23.7 Å². The molecule has 0 spiro atoms. The number of halogens is 5. The third-order valence-corrected chi connectivity index (χ3v) is 3.90. The number of ether oxygens (including phenoxy) is 1. The molecule has 0 bridgehead atoms. The molecular formula is C17H9ClF4O3. The lowest BCUT2D eigenvalue weighted by atomic mass is 9.97. The Hall–Kier alpha value is -2.54. The van der Waals surface area contributed by atoms with E-state index in [4.69, 9.17) is 21.4 Å². The van der Waals surface area contributed by atoms with E-state index in [9.17, 15) is 22.4 Å². The molecule has 0 amide bonds. The highest BCUT2D eigenvalue weighted by atomic mass is 35.5. The molecule has 0 aliphatic carbocycles. The molecule has 1 N–H and O–H groups in total. The Kier molecular flexibility index (Phi) is 4.20. The van der Waals surface area contributed by atoms with Crippen LogP contribution < -0.4 is 4.74 Å². The summed E-state index contributed by atoms with van der Waals surface area (Å²) >= 11 is 6.03. The van der Waals surface area contributed by atoms with Gasteiger partial charge in [0.05, 0.1) is 10.6 Å². The van der Waals surface area contributed by atoms with Crippen LogP contribution in [0.1, 0.15) is 5.56 Å². The Bertz CT molecular complexity index is 873. The molecule has 0 fully saturated rings. The van der Waals surface area contributed by atoms with E-state index >= 15 is 0 Å². The maximum Gasteiger partial charge on any atom is 0.430 e. The Morgan fingerprint density at radius 2 is 1.76 bits per heavy atom. The maximum absolute atomic E-state index is 13.1. The summed E-state index contributed by atoms with van der Waals surface area (Å²) in [4.78, 5) is 11.2. The number of aliphatic carboxylic acids is 1. The van der Waals surface area contributed by atoms with Gasteiger partial charge < -0.3 is 9.84 Å². The summed E-state index contributed by atoms with van der Waals surface area (Å²) in [7, 11) is 0. The van der Waals surface area contributed by atoms with Crippen LogP contribution >= 0.6 is 11.6 Å². The average Bonchev–Trinajstić information content (AvgIpc) is 2.53. The zero-order valence-corrected chi connectivity index (χ0v) is 13.0. The van der Waals surface area contributed by atoms with E-state index in [0.717, 1.165) is 6.08 Å². The minimum atomic E-state index is -4.90. The zero-order valence-electron chi connectivity index (χ0n) is 12.3. The molecule has 25 heavy (non-hydrogen) atoms. The summed E-state index contributed by atoms with van der Waals surface area (Å²) in [5.41, 5.74) is 0.213. The summed E-state index contributed by atoms with van der Waals surface area (Å²) in [5.74, 6) is -2.44. The molecule has 3 rings (SSSR count). The highest BCUT2D eigenvalue weighted by molar-refractivity contribution is 6.32. The van der Waals surface area contributed by atoms with E-state index in [2.05, 4.69) is 0 Å². The summed E-state index contributed by atoms with van der Waals surface area (Å²) in [5, 5.41) is 8.96. The fourth-order valence-electron chi connectivity index (χ4n) is 2.50. The van der Waals surface area contributed by atoms with E-state index in [-0.39, 0.29) is 16.3 Å². The Morgan fingerprint density at radius 1 is 1.12 bits per heavy atom. The highest BCUT2D eigenvalue weighted by Gasteiger charge is 2.48. The monoisotopic (exact) mass is 372 g/mol. The number of carbonyl (C=O) groups is 1. The van der Waals surface area contributed by atoms with E-state index in [1.54, 1.807) is 0 Å². The zero-order chi connectivity index (χ0) is 18.4. The molecule has 1 unspecified atom stereocenters. The third kappa shape index (κ3) is 3.32. The van der Waals surface area contributed by atoms with E-state index < -0.39 is 29.6 Å². The van der Waals surface area contributed by atoms with Crippen molar-refractivity contribution in [3.8, 4) is 16.9 Å². The molecule has 0 saturated carbocycles. The second kappa shape index (κ2) is 6.07. The van der Waals surface area contributed by atoms with E-state index in [0.29, 0.717) is 11.1 Å². The number of carboxylic acid groups (broad SMARTS) is 1. The summed E-state index contributed by atoms with van der Waals surface area (Å²) < 4.78 is 57.0. The largest absolute Gasteiger partial charge is 0.478 e. The van der Waals surface area contributed by atoms with Crippen LogP contribution in [0.25, 0.3) is 17.2 Å². The Labute approximate surface area is 144 Å². The Balaban J connectivity index is 2.13. The molecular weight excluding hydrogens is 364 g/mol. The molecule has 0 saturated heterocycles. The van der Waals surface area contributed by atoms with Gasteiger partial charge >= 0.3 is 12.1 Å². The molecule has 0 aromatic heterocycles. The van der Waals surface area contributed by atoms with Crippen molar-refractivity contribution in [3.63, 3.8) is 0 Å². The lowest BCUT2D eigenvalue weighted by Crippen LogP contribution is -2.40. The summed E-state index contributed by atoms with van der Waals surface area (Å²) in [6.07, 6.45) is -6.62. The van der Waals surface area contributed by atoms with Crippen molar-refractivity contribution >= 4 is 23.6 Å². The second-order valence-corrected chi connectivity index (χ2v) is 5.73. The van der Waals surface area contributed by atoms with Gasteiger partial charge in [-0.3, -0.25) is 0 Å². The van der Waals surface area contributed by atoms with Gasteiger partial charge in [0.15, 0.2) is 0 Å². The first-order chi connectivity index (χ1) is 11.7. The minimum Gasteiger partial charge on any atom is -0.478 e. The lowest BCUT2D eigenvalue weighted by molar-refractivity contribution is -0.187. The molecule has 1 aliphatic heterocycles. The van der Waals surface area contributed by atoms with Crippen LogP contribution in [-0.2, 0) is 4.79 Å². The smallest absolute Gasteiger partial charge is 0.430 e. The van der Waals surface area contributed by atoms with Crippen molar-refractivity contribution in [2.75, 3.05) is 0 Å². The lowest BCUT2D eigenvalue weighted by Gasteiger charge is -2.28. The summed E-state index contributed by atoms with van der Waals surface area (Å²) in [6, 6.07) is 8.19. The van der Waals surface area contributed by atoms with Gasteiger partial charge in [-0.15, -0.1) is 0 Å². The number of hydrogen-bond acceptors (Lipinski definition) is 2. The van der Waals surface area contributed by atoms with Gasteiger partial charge in [0.25, 0.3) is 0 Å². The quantitative estimate of drug-likeness (QED) is 0.760. The number of hydrogen-bond donors (Lipinski definition) is 1. The van der Waals surface area contributed by atoms with Crippen molar-refractivity contribution in [3.05, 3.63) is 58.4 Å². The molecule has 2 aromatic rings. The van der Waals surface area contributed by atoms with Crippen molar-refractivity contribution in [1.29, 1.82) is 0 Å². The topological polar surface area (TPSA) is 46.5 Å². The maximum atomic E-state index is 13.1. The molecule has 2 aromatic carbocycles. The predicted molar refractivity (Wildman–Crippen MR) is 82.9 cm³/mol. The van der Waals surface area contributed by atoms with Crippen molar-refractivity contribution < 1.29 is 32.2 Å². The van der Waals surface area contributed by atoms with Gasteiger partial charge in [-0.2, -0.15) is 13.2 Å². The van der Waals surface area contributed by atoms with Crippen LogP contribution in [0.2, 0.25) is 5.02 Å². The van der Waals surface area contributed by atoms with Gasteiger partial charge in [-0.05, 0) is 41.5 Å². The fourth-order valence-corrected chi connectivity index (χ4v) is 2.77. The second-order valence-electron chi connectivity index (χ2n) is 5.33. The highest BCUT2D eigenvalue weighted by Crippen LogP contribution is 2.43. The molecule has 3 nitrogen and oxygen atoms in total. The first-order valence-electron chi connectivity index (χ1n) is 6.94. The summed E-state index contributed by atoms with van der Waals surface area (Å²) in [6.45, 7) is 0. The number of benzene rings is 2. The first kappa shape index (κ1) is 17.3. The number of fused-ring (bicyclic) bond motifs is 1. The minimum absolute atomic E-state index is 0.102. The standard InChI is InChI=1S/C17H9ClF4O3/c18-13-7-9(8-1-3-11(19)4-2-8)5-10-6-12(16(23)24)15(17(20,21)22)25-14(10)13/h1-7,15H,(H,23,24). The van der Waals surface area contributed by atoms with Crippen molar-refractivity contribution in [1.82, 2.24) is 0 Å². The van der Waals surface area contributed by atoms with Crippen LogP contribution in [0.4, 0.5) is 17.6 Å². The van der Waals surface area contributed by atoms with E-state index in [1.165, 1.54) is 36.4 Å². The molecule has 1 heterocycles. The number of rotatable bonds is 2. The Morgan fingerprint density at radius 3 is 2.32 bits per heavy atom. The van der Waals surface area contributed by atoms with Gasteiger partial charge in [-0.25, -0.2) is 9.18 Å². The van der Waals surface area contributed by atoms with E-state index in [1.807, 2.05) is 0 Å². The molecule has 130 valence electrons. The van der Waals surface area contributed by atoms with Crippen LogP contribution in [0.3, 0.4) is 0 Å². The van der Waals surface area contributed by atoms with Gasteiger partial charge in [0, 0.05) is 5.56 Å².